The number of benzene rings is 2. The highest BCUT2D eigenvalue weighted by molar-refractivity contribution is 5.92. The molecule has 104 valence electrons. The first-order valence-corrected chi connectivity index (χ1v) is 6.00. The zero-order valence-electron chi connectivity index (χ0n) is 10.7. The Morgan fingerprint density at radius 3 is 2.71 bits per heavy atom. The molecule has 1 aliphatic rings. The van der Waals surface area contributed by atoms with E-state index in [1.54, 1.807) is 18.2 Å². The lowest BCUT2D eigenvalue weighted by molar-refractivity contribution is 0.0694. The molecule has 2 N–H and O–H groups in total. The van der Waals surface area contributed by atoms with E-state index in [1.807, 2.05) is 6.07 Å². The number of fused-ring (bicyclic) bond motifs is 1. The van der Waals surface area contributed by atoms with Gasteiger partial charge in [-0.05, 0) is 23.8 Å². The summed E-state index contributed by atoms with van der Waals surface area (Å²) >= 11 is 0. The lowest BCUT2D eigenvalue weighted by Crippen LogP contribution is -1.97. The maximum absolute atomic E-state index is 10.9. The second kappa shape index (κ2) is 4.72. The number of carbonyl (C=O) groups is 1. The maximum atomic E-state index is 10.9. The van der Waals surface area contributed by atoms with Crippen LogP contribution in [0.3, 0.4) is 0 Å². The van der Waals surface area contributed by atoms with Crippen LogP contribution in [0.25, 0.3) is 11.1 Å². The van der Waals surface area contributed by atoms with E-state index in [-0.39, 0.29) is 18.1 Å². The standard InChI is InChI=1S/C15H9NO5/c16-6-8-3-11(14-13(4-8)20-7-21-14)9-1-2-10(15(18)19)12(17)5-9/h1-5,17H,7H2,(H,18,19). The molecule has 6 nitrogen and oxygen atoms in total. The van der Waals surface area contributed by atoms with Crippen LogP contribution in [-0.2, 0) is 0 Å². The van der Waals surface area contributed by atoms with Crippen LogP contribution in [-0.4, -0.2) is 23.0 Å². The van der Waals surface area contributed by atoms with Crippen molar-refractivity contribution in [2.24, 2.45) is 0 Å². The molecule has 1 heterocycles. The highest BCUT2D eigenvalue weighted by Gasteiger charge is 2.21. The zero-order valence-corrected chi connectivity index (χ0v) is 10.7. The number of hydrogen-bond donors (Lipinski definition) is 2. The monoisotopic (exact) mass is 283 g/mol. The molecule has 0 atom stereocenters. The van der Waals surface area contributed by atoms with Crippen LogP contribution in [0.5, 0.6) is 17.2 Å². The van der Waals surface area contributed by atoms with Crippen LogP contribution in [0.2, 0.25) is 0 Å². The van der Waals surface area contributed by atoms with E-state index in [0.29, 0.717) is 28.2 Å². The Kier molecular flexibility index (Phi) is 2.88. The van der Waals surface area contributed by atoms with E-state index in [0.717, 1.165) is 0 Å². The van der Waals surface area contributed by atoms with Gasteiger partial charge in [0.05, 0.1) is 11.6 Å². The molecule has 0 bridgehead atoms. The highest BCUT2D eigenvalue weighted by Crippen LogP contribution is 2.43. The minimum Gasteiger partial charge on any atom is -0.507 e. The van der Waals surface area contributed by atoms with Gasteiger partial charge in [-0.25, -0.2) is 4.79 Å². The molecule has 0 amide bonds. The number of hydrogen-bond acceptors (Lipinski definition) is 5. The van der Waals surface area contributed by atoms with Crippen LogP contribution in [0.4, 0.5) is 0 Å². The van der Waals surface area contributed by atoms with Crippen LogP contribution < -0.4 is 9.47 Å². The molecule has 0 saturated heterocycles. The number of aromatic carboxylic acids is 1. The fourth-order valence-corrected chi connectivity index (χ4v) is 2.17. The van der Waals surface area contributed by atoms with Crippen molar-refractivity contribution >= 4 is 5.97 Å². The average molecular weight is 283 g/mol. The lowest BCUT2D eigenvalue weighted by Gasteiger charge is -2.08. The number of ether oxygens (including phenoxy) is 2. The van der Waals surface area contributed by atoms with E-state index in [1.165, 1.54) is 12.1 Å². The molecule has 2 aromatic rings. The molecule has 0 aliphatic carbocycles. The maximum Gasteiger partial charge on any atom is 0.339 e. The zero-order chi connectivity index (χ0) is 15.0. The van der Waals surface area contributed by atoms with Gasteiger partial charge in [-0.1, -0.05) is 6.07 Å². The first-order valence-electron chi connectivity index (χ1n) is 6.00. The van der Waals surface area contributed by atoms with E-state index < -0.39 is 5.97 Å². The first kappa shape index (κ1) is 12.8. The van der Waals surface area contributed by atoms with E-state index >= 15 is 0 Å². The van der Waals surface area contributed by atoms with Crippen LogP contribution in [0.1, 0.15) is 15.9 Å². The summed E-state index contributed by atoms with van der Waals surface area (Å²) < 4.78 is 10.6. The first-order chi connectivity index (χ1) is 10.1. The van der Waals surface area contributed by atoms with Gasteiger partial charge in [0.2, 0.25) is 6.79 Å². The highest BCUT2D eigenvalue weighted by atomic mass is 16.7. The third-order valence-electron chi connectivity index (χ3n) is 3.14. The van der Waals surface area contributed by atoms with E-state index in [2.05, 4.69) is 0 Å². The molecule has 0 fully saturated rings. The Balaban J connectivity index is 2.17. The minimum atomic E-state index is -1.21. The van der Waals surface area contributed by atoms with E-state index in [4.69, 9.17) is 19.8 Å². The van der Waals surface area contributed by atoms with Gasteiger partial charge in [-0.3, -0.25) is 0 Å². The second-order valence-corrected chi connectivity index (χ2v) is 4.41. The SMILES string of the molecule is N#Cc1cc2c(c(-c3ccc(C(=O)O)c(O)c3)c1)OCO2. The molecule has 0 spiro atoms. The summed E-state index contributed by atoms with van der Waals surface area (Å²) in [7, 11) is 0. The predicted octanol–water partition coefficient (Wildman–Crippen LogP) is 2.36. The Hall–Kier alpha value is -3.20. The van der Waals surface area contributed by atoms with Gasteiger partial charge in [-0.15, -0.1) is 0 Å². The Bertz CT molecular complexity index is 791. The normalized spacial score (nSPS) is 12.0. The van der Waals surface area contributed by atoms with E-state index in [9.17, 15) is 9.90 Å². The van der Waals surface area contributed by atoms with Crippen molar-refractivity contribution in [3.05, 3.63) is 41.5 Å². The Labute approximate surface area is 119 Å². The van der Waals surface area contributed by atoms with Gasteiger partial charge in [0.25, 0.3) is 0 Å². The average Bonchev–Trinajstić information content (AvgIpc) is 2.93. The number of rotatable bonds is 2. The number of carboxylic acid groups (broad SMARTS) is 1. The van der Waals surface area contributed by atoms with Crippen LogP contribution in [0, 0.1) is 11.3 Å². The second-order valence-electron chi connectivity index (χ2n) is 4.41. The molecule has 21 heavy (non-hydrogen) atoms. The minimum absolute atomic E-state index is 0.0520. The van der Waals surface area contributed by atoms with Gasteiger partial charge >= 0.3 is 5.97 Å². The van der Waals surface area contributed by atoms with Crippen molar-refractivity contribution in [2.75, 3.05) is 6.79 Å². The summed E-state index contributed by atoms with van der Waals surface area (Å²) in [6.07, 6.45) is 0. The molecule has 0 aromatic heterocycles. The van der Waals surface area contributed by atoms with Crippen molar-refractivity contribution in [1.29, 1.82) is 5.26 Å². The molecule has 0 radical (unpaired) electrons. The van der Waals surface area contributed by atoms with Gasteiger partial charge in [0, 0.05) is 11.6 Å². The van der Waals surface area contributed by atoms with Crippen molar-refractivity contribution in [2.45, 2.75) is 0 Å². The Morgan fingerprint density at radius 2 is 2.05 bits per heavy atom. The van der Waals surface area contributed by atoms with Gasteiger partial charge < -0.3 is 19.7 Å². The number of nitriles is 1. The molecule has 2 aromatic carbocycles. The molecule has 3 rings (SSSR count). The third kappa shape index (κ3) is 2.11. The summed E-state index contributed by atoms with van der Waals surface area (Å²) in [6.45, 7) is 0.0520. The molecule has 0 unspecified atom stereocenters. The third-order valence-corrected chi connectivity index (χ3v) is 3.14. The summed E-state index contributed by atoms with van der Waals surface area (Å²) in [5, 5.41) is 27.7. The number of nitrogens with zero attached hydrogens (tertiary/aromatic N) is 1. The van der Waals surface area contributed by atoms with Gasteiger partial charge in [0.15, 0.2) is 11.5 Å². The summed E-state index contributed by atoms with van der Waals surface area (Å²) in [4.78, 5) is 10.9. The molecular weight excluding hydrogens is 274 g/mol. The number of phenols is 1. The summed E-state index contributed by atoms with van der Waals surface area (Å²) in [6, 6.07) is 9.35. The smallest absolute Gasteiger partial charge is 0.339 e. The summed E-state index contributed by atoms with van der Waals surface area (Å²) in [5.74, 6) is -0.646. The fourth-order valence-electron chi connectivity index (χ4n) is 2.17. The fraction of sp³-hybridized carbons (Fsp3) is 0.0667. The molecule has 0 saturated carbocycles. The number of carboxylic acids is 1. The number of aromatic hydroxyl groups is 1. The largest absolute Gasteiger partial charge is 0.507 e. The molecule has 6 heteroatoms. The molecule has 1 aliphatic heterocycles. The predicted molar refractivity (Wildman–Crippen MR) is 71.3 cm³/mol. The van der Waals surface area contributed by atoms with Gasteiger partial charge in [0.1, 0.15) is 11.3 Å². The van der Waals surface area contributed by atoms with Crippen molar-refractivity contribution in [1.82, 2.24) is 0 Å². The summed E-state index contributed by atoms with van der Waals surface area (Å²) in [5.41, 5.74) is 1.30. The van der Waals surface area contributed by atoms with Crippen molar-refractivity contribution < 1.29 is 24.5 Å². The van der Waals surface area contributed by atoms with Crippen LogP contribution in [0.15, 0.2) is 30.3 Å². The van der Waals surface area contributed by atoms with Crippen molar-refractivity contribution in [3.8, 4) is 34.4 Å². The lowest BCUT2D eigenvalue weighted by atomic mass is 9.99. The topological polar surface area (TPSA) is 99.8 Å². The van der Waals surface area contributed by atoms with Crippen LogP contribution >= 0.6 is 0 Å². The quantitative estimate of drug-likeness (QED) is 0.877. The molecular formula is C15H9NO5. The van der Waals surface area contributed by atoms with Gasteiger partial charge in [-0.2, -0.15) is 5.26 Å². The van der Waals surface area contributed by atoms with Crippen molar-refractivity contribution in [3.63, 3.8) is 0 Å². The Morgan fingerprint density at radius 1 is 1.24 bits per heavy atom.